The minimum Gasteiger partial charge on any atom is -0.462 e. The molecular weight excluding hydrogens is 434 g/mol. The van der Waals surface area contributed by atoms with E-state index in [1.54, 1.807) is 0 Å². The van der Waals surface area contributed by atoms with Crippen molar-refractivity contribution >= 4 is 11.9 Å². The fourth-order valence-electron chi connectivity index (χ4n) is 6.76. The van der Waals surface area contributed by atoms with E-state index in [9.17, 15) is 14.7 Å². The molecule has 34 heavy (non-hydrogen) atoms. The van der Waals surface area contributed by atoms with Gasteiger partial charge in [0.1, 0.15) is 24.4 Å². The van der Waals surface area contributed by atoms with Gasteiger partial charge in [-0.05, 0) is 56.8 Å². The van der Waals surface area contributed by atoms with Gasteiger partial charge in [0.2, 0.25) is 0 Å². The SMILES string of the molecule is CC1C(=O)OC2CC3(C)OC3C(O)C(N3CCC(Cc4ccccc4)CC3)C3=CC(OC3=O)C21. The Hall–Kier alpha value is -2.22. The maximum atomic E-state index is 13.1. The highest BCUT2D eigenvalue weighted by Crippen LogP contribution is 2.50. The van der Waals surface area contributed by atoms with Crippen LogP contribution in [0.4, 0.5) is 0 Å². The van der Waals surface area contributed by atoms with Crippen LogP contribution in [0.2, 0.25) is 0 Å². The van der Waals surface area contributed by atoms with Crippen LogP contribution >= 0.6 is 0 Å². The Morgan fingerprint density at radius 1 is 1.12 bits per heavy atom. The van der Waals surface area contributed by atoms with E-state index < -0.39 is 35.9 Å². The summed E-state index contributed by atoms with van der Waals surface area (Å²) < 4.78 is 17.5. The number of esters is 2. The largest absolute Gasteiger partial charge is 0.462 e. The van der Waals surface area contributed by atoms with Gasteiger partial charge in [0.25, 0.3) is 0 Å². The average molecular weight is 468 g/mol. The third-order valence-corrected chi connectivity index (χ3v) is 8.76. The summed E-state index contributed by atoms with van der Waals surface area (Å²) in [6, 6.07) is 10.1. The molecule has 0 spiro atoms. The van der Waals surface area contributed by atoms with Gasteiger partial charge in [-0.2, -0.15) is 0 Å². The lowest BCUT2D eigenvalue weighted by Crippen LogP contribution is -2.52. The summed E-state index contributed by atoms with van der Waals surface area (Å²) in [5.74, 6) is -0.655. The van der Waals surface area contributed by atoms with E-state index in [0.717, 1.165) is 32.4 Å². The van der Waals surface area contributed by atoms with Crippen molar-refractivity contribution in [1.82, 2.24) is 4.90 Å². The Labute approximate surface area is 200 Å². The van der Waals surface area contributed by atoms with E-state index in [1.165, 1.54) is 5.56 Å². The molecular formula is C27H33NO6. The summed E-state index contributed by atoms with van der Waals surface area (Å²) in [6.45, 7) is 5.43. The van der Waals surface area contributed by atoms with Crippen LogP contribution in [0.25, 0.3) is 0 Å². The van der Waals surface area contributed by atoms with E-state index in [4.69, 9.17) is 14.2 Å². The quantitative estimate of drug-likeness (QED) is 0.539. The molecule has 1 aliphatic carbocycles. The van der Waals surface area contributed by atoms with E-state index >= 15 is 0 Å². The van der Waals surface area contributed by atoms with Crippen molar-refractivity contribution in [2.45, 2.75) is 75.6 Å². The van der Waals surface area contributed by atoms with Crippen molar-refractivity contribution in [2.24, 2.45) is 17.8 Å². The Kier molecular flexibility index (Phi) is 5.35. The third-order valence-electron chi connectivity index (χ3n) is 8.76. The number of hydrogen-bond acceptors (Lipinski definition) is 7. The second kappa shape index (κ2) is 8.18. The Balaban J connectivity index is 1.25. The number of carbonyl (C=O) groups excluding carboxylic acids is 2. The highest BCUT2D eigenvalue weighted by atomic mass is 16.6. The van der Waals surface area contributed by atoms with E-state index in [0.29, 0.717) is 17.9 Å². The first-order valence-electron chi connectivity index (χ1n) is 12.6. The van der Waals surface area contributed by atoms with Crippen LogP contribution in [-0.2, 0) is 30.2 Å². The zero-order valence-electron chi connectivity index (χ0n) is 19.8. The highest BCUT2D eigenvalue weighted by molar-refractivity contribution is 5.92. The van der Waals surface area contributed by atoms with Gasteiger partial charge in [-0.1, -0.05) is 37.3 Å². The lowest BCUT2D eigenvalue weighted by Gasteiger charge is -2.39. The number of rotatable bonds is 3. The molecule has 8 atom stereocenters. The van der Waals surface area contributed by atoms with Gasteiger partial charge in [-0.15, -0.1) is 0 Å². The average Bonchev–Trinajstić information content (AvgIpc) is 3.23. The summed E-state index contributed by atoms with van der Waals surface area (Å²) in [6.07, 6.45) is 3.27. The first kappa shape index (κ1) is 22.3. The Bertz CT molecular complexity index is 1000. The maximum absolute atomic E-state index is 13.1. The molecule has 0 aromatic heterocycles. The van der Waals surface area contributed by atoms with Crippen molar-refractivity contribution in [3.8, 4) is 0 Å². The summed E-state index contributed by atoms with van der Waals surface area (Å²) >= 11 is 0. The lowest BCUT2D eigenvalue weighted by atomic mass is 9.79. The number of ether oxygens (including phenoxy) is 3. The number of carbonyl (C=O) groups is 2. The molecule has 4 heterocycles. The minimum atomic E-state index is -0.848. The molecule has 1 N–H and O–H groups in total. The molecule has 0 radical (unpaired) electrons. The first-order chi connectivity index (χ1) is 16.3. The van der Waals surface area contributed by atoms with Gasteiger partial charge in [0, 0.05) is 12.3 Å². The van der Waals surface area contributed by atoms with Gasteiger partial charge in [-0.3, -0.25) is 9.69 Å². The molecule has 4 aliphatic heterocycles. The topological polar surface area (TPSA) is 88.6 Å². The summed E-state index contributed by atoms with van der Waals surface area (Å²) in [5, 5.41) is 11.5. The molecule has 3 fully saturated rings. The molecule has 0 amide bonds. The van der Waals surface area contributed by atoms with Crippen molar-refractivity contribution in [3.63, 3.8) is 0 Å². The number of aliphatic hydroxyl groups is 1. The van der Waals surface area contributed by atoms with Crippen LogP contribution in [0.1, 0.15) is 38.7 Å². The van der Waals surface area contributed by atoms with Gasteiger partial charge < -0.3 is 19.3 Å². The second-order valence-electron chi connectivity index (χ2n) is 11.0. The van der Waals surface area contributed by atoms with E-state index in [2.05, 4.69) is 29.2 Å². The highest BCUT2D eigenvalue weighted by Gasteiger charge is 2.64. The lowest BCUT2D eigenvalue weighted by molar-refractivity contribution is -0.144. The molecule has 8 unspecified atom stereocenters. The van der Waals surface area contributed by atoms with Crippen LogP contribution in [-0.4, -0.2) is 71.1 Å². The molecule has 7 heteroatoms. The molecule has 1 aromatic rings. The fourth-order valence-corrected chi connectivity index (χ4v) is 6.76. The number of nitrogens with zero attached hydrogens (tertiary/aromatic N) is 1. The molecule has 7 nitrogen and oxygen atoms in total. The van der Waals surface area contributed by atoms with Crippen LogP contribution in [0.3, 0.4) is 0 Å². The number of aliphatic hydroxyl groups excluding tert-OH is 1. The second-order valence-corrected chi connectivity index (χ2v) is 11.0. The Morgan fingerprint density at radius 3 is 2.59 bits per heavy atom. The first-order valence-corrected chi connectivity index (χ1v) is 12.6. The van der Waals surface area contributed by atoms with Crippen molar-refractivity contribution < 1.29 is 28.9 Å². The number of fused-ring (bicyclic) bond motifs is 4. The van der Waals surface area contributed by atoms with Gasteiger partial charge in [0.05, 0.1) is 23.1 Å². The van der Waals surface area contributed by atoms with Crippen molar-refractivity contribution in [2.75, 3.05) is 13.1 Å². The smallest absolute Gasteiger partial charge is 0.336 e. The van der Waals surface area contributed by atoms with E-state index in [-0.39, 0.29) is 23.9 Å². The molecule has 0 saturated carbocycles. The van der Waals surface area contributed by atoms with Crippen LogP contribution < -0.4 is 0 Å². The number of likely N-dealkylation sites (tertiary alicyclic amines) is 1. The zero-order chi connectivity index (χ0) is 23.6. The summed E-state index contributed by atoms with van der Waals surface area (Å²) in [4.78, 5) is 27.7. The number of hydrogen-bond donors (Lipinski definition) is 1. The van der Waals surface area contributed by atoms with Crippen molar-refractivity contribution in [3.05, 3.63) is 47.5 Å². The van der Waals surface area contributed by atoms with Gasteiger partial charge in [0.15, 0.2) is 0 Å². The summed E-state index contributed by atoms with van der Waals surface area (Å²) in [7, 11) is 0. The number of benzene rings is 1. The van der Waals surface area contributed by atoms with Crippen LogP contribution in [0, 0.1) is 17.8 Å². The molecule has 6 rings (SSSR count). The minimum absolute atomic E-state index is 0.233. The molecule has 182 valence electrons. The maximum Gasteiger partial charge on any atom is 0.336 e. The van der Waals surface area contributed by atoms with Gasteiger partial charge in [-0.25, -0.2) is 4.79 Å². The third kappa shape index (κ3) is 3.69. The monoisotopic (exact) mass is 467 g/mol. The number of piperidine rings is 1. The fraction of sp³-hybridized carbons (Fsp3) is 0.630. The Morgan fingerprint density at radius 2 is 1.85 bits per heavy atom. The molecule has 1 aromatic carbocycles. The van der Waals surface area contributed by atoms with E-state index in [1.807, 2.05) is 26.0 Å². The normalized spacial score (nSPS) is 42.3. The van der Waals surface area contributed by atoms with Crippen molar-refractivity contribution in [1.29, 1.82) is 0 Å². The molecule has 5 aliphatic rings. The molecule has 3 saturated heterocycles. The number of epoxide rings is 1. The van der Waals surface area contributed by atoms with Crippen LogP contribution in [0.5, 0.6) is 0 Å². The molecule has 2 bridgehead atoms. The summed E-state index contributed by atoms with van der Waals surface area (Å²) in [5.41, 5.74) is 1.28. The van der Waals surface area contributed by atoms with Crippen LogP contribution in [0.15, 0.2) is 42.0 Å². The van der Waals surface area contributed by atoms with Gasteiger partial charge >= 0.3 is 11.9 Å². The zero-order valence-corrected chi connectivity index (χ0v) is 19.8. The predicted molar refractivity (Wildman–Crippen MR) is 123 cm³/mol. The standard InChI is InChI=1S/C27H33NO6/c1-15-21-19-13-18(26(31)32-19)22(23(29)24-27(2,34-24)14-20(21)33-25(15)30)28-10-8-17(9-11-28)12-16-6-4-3-5-7-16/h3-7,13,15,17,19-24,29H,8-12,14H2,1-2H3. The predicted octanol–water partition coefficient (Wildman–Crippen LogP) is 2.26.